The Labute approximate surface area is 117 Å². The molecule has 19 heavy (non-hydrogen) atoms. The molecular formula is C14H17ClO4. The van der Waals surface area contributed by atoms with Gasteiger partial charge in [-0.2, -0.15) is 0 Å². The molecule has 0 aliphatic carbocycles. The molecule has 0 aromatic heterocycles. The van der Waals surface area contributed by atoms with Gasteiger partial charge in [-0.05, 0) is 24.8 Å². The van der Waals surface area contributed by atoms with Crippen LogP contribution in [0, 0.1) is 5.92 Å². The van der Waals surface area contributed by atoms with Crippen LogP contribution in [0.1, 0.15) is 24.5 Å². The summed E-state index contributed by atoms with van der Waals surface area (Å²) in [4.78, 5) is 0. The third-order valence-electron chi connectivity index (χ3n) is 3.69. The van der Waals surface area contributed by atoms with Crippen LogP contribution in [0.25, 0.3) is 0 Å². The SMILES string of the molecule is OC(c1cc2c(cc1Cl)OCCO2)C1CCOCC1. The van der Waals surface area contributed by atoms with Crippen molar-refractivity contribution < 1.29 is 19.3 Å². The summed E-state index contributed by atoms with van der Waals surface area (Å²) in [6.45, 7) is 2.46. The molecule has 1 aromatic carbocycles. The van der Waals surface area contributed by atoms with Crippen molar-refractivity contribution in [3.63, 3.8) is 0 Å². The van der Waals surface area contributed by atoms with E-state index in [1.165, 1.54) is 0 Å². The van der Waals surface area contributed by atoms with E-state index in [4.69, 9.17) is 25.8 Å². The van der Waals surface area contributed by atoms with E-state index < -0.39 is 6.10 Å². The van der Waals surface area contributed by atoms with Crippen LogP contribution in [-0.4, -0.2) is 31.5 Å². The van der Waals surface area contributed by atoms with Gasteiger partial charge in [-0.25, -0.2) is 0 Å². The minimum atomic E-state index is -0.577. The molecule has 1 N–H and O–H groups in total. The van der Waals surface area contributed by atoms with Gasteiger partial charge in [-0.3, -0.25) is 0 Å². The second kappa shape index (κ2) is 5.57. The van der Waals surface area contributed by atoms with Crippen LogP contribution >= 0.6 is 11.6 Å². The van der Waals surface area contributed by atoms with E-state index in [2.05, 4.69) is 0 Å². The topological polar surface area (TPSA) is 47.9 Å². The Morgan fingerprint density at radius 2 is 1.68 bits per heavy atom. The summed E-state index contributed by atoms with van der Waals surface area (Å²) in [5, 5.41) is 11.0. The van der Waals surface area contributed by atoms with Crippen molar-refractivity contribution >= 4 is 11.6 Å². The van der Waals surface area contributed by atoms with E-state index >= 15 is 0 Å². The Hall–Kier alpha value is -0.970. The molecule has 1 fully saturated rings. The molecule has 1 unspecified atom stereocenters. The highest BCUT2D eigenvalue weighted by Crippen LogP contribution is 2.41. The number of fused-ring (bicyclic) bond motifs is 1. The van der Waals surface area contributed by atoms with Crippen LogP contribution in [0.2, 0.25) is 5.02 Å². The highest BCUT2D eigenvalue weighted by atomic mass is 35.5. The number of hydrogen-bond donors (Lipinski definition) is 1. The second-order valence-corrected chi connectivity index (χ2v) is 5.32. The molecule has 1 aromatic rings. The first-order chi connectivity index (χ1) is 9.25. The van der Waals surface area contributed by atoms with Gasteiger partial charge in [0.1, 0.15) is 13.2 Å². The number of benzene rings is 1. The van der Waals surface area contributed by atoms with Gasteiger partial charge in [-0.15, -0.1) is 0 Å². The van der Waals surface area contributed by atoms with Crippen molar-refractivity contribution in [2.45, 2.75) is 18.9 Å². The van der Waals surface area contributed by atoms with Gasteiger partial charge in [0.05, 0.1) is 11.1 Å². The zero-order valence-corrected chi connectivity index (χ0v) is 11.4. The largest absolute Gasteiger partial charge is 0.486 e. The van der Waals surface area contributed by atoms with Crippen molar-refractivity contribution in [3.8, 4) is 11.5 Å². The molecule has 2 aliphatic heterocycles. The van der Waals surface area contributed by atoms with Crippen LogP contribution in [0.3, 0.4) is 0 Å². The molecular weight excluding hydrogens is 268 g/mol. The molecule has 104 valence electrons. The van der Waals surface area contributed by atoms with E-state index in [1.54, 1.807) is 12.1 Å². The fourth-order valence-electron chi connectivity index (χ4n) is 2.59. The average Bonchev–Trinajstić information content (AvgIpc) is 2.47. The highest BCUT2D eigenvalue weighted by molar-refractivity contribution is 6.31. The first-order valence-electron chi connectivity index (χ1n) is 6.60. The lowest BCUT2D eigenvalue weighted by atomic mass is 9.89. The van der Waals surface area contributed by atoms with Crippen LogP contribution in [0.15, 0.2) is 12.1 Å². The van der Waals surface area contributed by atoms with Crippen molar-refractivity contribution in [2.24, 2.45) is 5.92 Å². The van der Waals surface area contributed by atoms with Crippen molar-refractivity contribution in [1.82, 2.24) is 0 Å². The maximum absolute atomic E-state index is 10.5. The lowest BCUT2D eigenvalue weighted by Crippen LogP contribution is -2.22. The third-order valence-corrected chi connectivity index (χ3v) is 4.02. The zero-order chi connectivity index (χ0) is 13.2. The van der Waals surface area contributed by atoms with Crippen LogP contribution in [0.4, 0.5) is 0 Å². The molecule has 2 aliphatic rings. The van der Waals surface area contributed by atoms with Crippen LogP contribution in [-0.2, 0) is 4.74 Å². The Balaban J connectivity index is 1.86. The normalized spacial score (nSPS) is 21.2. The first-order valence-corrected chi connectivity index (χ1v) is 6.98. The van der Waals surface area contributed by atoms with Crippen LogP contribution < -0.4 is 9.47 Å². The van der Waals surface area contributed by atoms with Gasteiger partial charge in [0.15, 0.2) is 11.5 Å². The molecule has 0 spiro atoms. The van der Waals surface area contributed by atoms with Gasteiger partial charge in [-0.1, -0.05) is 11.6 Å². The summed E-state index contributed by atoms with van der Waals surface area (Å²) in [5.74, 6) is 1.50. The van der Waals surface area contributed by atoms with Gasteiger partial charge < -0.3 is 19.3 Å². The lowest BCUT2D eigenvalue weighted by molar-refractivity contribution is 0.00705. The summed E-state index contributed by atoms with van der Waals surface area (Å²) >= 11 is 6.25. The fourth-order valence-corrected chi connectivity index (χ4v) is 2.86. The monoisotopic (exact) mass is 284 g/mol. The number of ether oxygens (including phenoxy) is 3. The lowest BCUT2D eigenvalue weighted by Gasteiger charge is -2.28. The van der Waals surface area contributed by atoms with E-state index in [1.807, 2.05) is 0 Å². The van der Waals surface area contributed by atoms with E-state index in [0.717, 1.165) is 18.4 Å². The molecule has 0 bridgehead atoms. The molecule has 4 nitrogen and oxygen atoms in total. The van der Waals surface area contributed by atoms with Crippen molar-refractivity contribution in [1.29, 1.82) is 0 Å². The second-order valence-electron chi connectivity index (χ2n) is 4.91. The first kappa shape index (κ1) is 13.0. The summed E-state index contributed by atoms with van der Waals surface area (Å²) < 4.78 is 16.3. The van der Waals surface area contributed by atoms with Gasteiger partial charge in [0, 0.05) is 24.8 Å². The molecule has 0 radical (unpaired) electrons. The number of aliphatic hydroxyl groups is 1. The molecule has 1 atom stereocenters. The summed E-state index contributed by atoms with van der Waals surface area (Å²) in [6, 6.07) is 3.53. The van der Waals surface area contributed by atoms with Gasteiger partial charge in [0.25, 0.3) is 0 Å². The van der Waals surface area contributed by atoms with Crippen LogP contribution in [0.5, 0.6) is 11.5 Å². The smallest absolute Gasteiger partial charge is 0.162 e. The van der Waals surface area contributed by atoms with Gasteiger partial charge >= 0.3 is 0 Å². The number of aliphatic hydroxyl groups excluding tert-OH is 1. The highest BCUT2D eigenvalue weighted by Gasteiger charge is 2.27. The standard InChI is InChI=1S/C14H17ClO4/c15-11-8-13-12(18-5-6-19-13)7-10(11)14(16)9-1-3-17-4-2-9/h7-9,14,16H,1-6H2. The fraction of sp³-hybridized carbons (Fsp3) is 0.571. The number of hydrogen-bond acceptors (Lipinski definition) is 4. The maximum Gasteiger partial charge on any atom is 0.162 e. The van der Waals surface area contributed by atoms with E-state index in [-0.39, 0.29) is 5.92 Å². The summed E-state index contributed by atoms with van der Waals surface area (Å²) in [7, 11) is 0. The molecule has 1 saturated heterocycles. The number of halogens is 1. The maximum atomic E-state index is 10.5. The molecule has 5 heteroatoms. The summed E-state index contributed by atoms with van der Waals surface area (Å²) in [6.07, 6.45) is 1.13. The van der Waals surface area contributed by atoms with E-state index in [0.29, 0.717) is 42.9 Å². The Morgan fingerprint density at radius 1 is 1.05 bits per heavy atom. The Morgan fingerprint density at radius 3 is 2.37 bits per heavy atom. The van der Waals surface area contributed by atoms with E-state index in [9.17, 15) is 5.11 Å². The minimum absolute atomic E-state index is 0.189. The molecule has 0 amide bonds. The van der Waals surface area contributed by atoms with Crippen molar-refractivity contribution in [2.75, 3.05) is 26.4 Å². The Bertz CT molecular complexity index is 457. The average molecular weight is 285 g/mol. The Kier molecular flexibility index (Phi) is 3.82. The van der Waals surface area contributed by atoms with Crippen molar-refractivity contribution in [3.05, 3.63) is 22.7 Å². The predicted octanol–water partition coefficient (Wildman–Crippen LogP) is 2.57. The van der Waals surface area contributed by atoms with Gasteiger partial charge in [0.2, 0.25) is 0 Å². The summed E-state index contributed by atoms with van der Waals surface area (Å²) in [5.41, 5.74) is 0.720. The molecule has 0 saturated carbocycles. The quantitative estimate of drug-likeness (QED) is 0.907. The molecule has 2 heterocycles. The number of rotatable bonds is 2. The molecule has 3 rings (SSSR count). The predicted molar refractivity (Wildman–Crippen MR) is 70.9 cm³/mol. The third kappa shape index (κ3) is 2.66. The minimum Gasteiger partial charge on any atom is -0.486 e. The zero-order valence-electron chi connectivity index (χ0n) is 10.6.